The third-order valence-corrected chi connectivity index (χ3v) is 12.4. The van der Waals surface area contributed by atoms with Crippen LogP contribution in [0, 0.1) is 27.7 Å². The van der Waals surface area contributed by atoms with E-state index in [2.05, 4.69) is 137 Å². The van der Waals surface area contributed by atoms with Gasteiger partial charge in [0, 0.05) is 11.8 Å². The van der Waals surface area contributed by atoms with Crippen molar-refractivity contribution in [2.45, 2.75) is 34.2 Å². The fourth-order valence-corrected chi connectivity index (χ4v) is 10.9. The lowest BCUT2D eigenvalue weighted by atomic mass is 10.00. The SMILES string of the molecule is Cc1cc(C)c(CN=Cc2cc(C)cc([Si](c3ccccc3)(c3ccccc3)c3ccccc3)c2O)c(C)c1. The van der Waals surface area contributed by atoms with Crippen LogP contribution in [0.5, 0.6) is 5.75 Å². The van der Waals surface area contributed by atoms with Crippen molar-refractivity contribution < 1.29 is 5.11 Å². The Bertz CT molecular complexity index is 1490. The quantitative estimate of drug-likeness (QED) is 0.167. The third kappa shape index (κ3) is 5.10. The average Bonchev–Trinajstić information content (AvgIpc) is 2.94. The molecule has 2 nitrogen and oxygen atoms in total. The molecule has 0 heterocycles. The van der Waals surface area contributed by atoms with Crippen LogP contribution < -0.4 is 20.7 Å². The third-order valence-electron chi connectivity index (χ3n) is 7.63. The van der Waals surface area contributed by atoms with Crippen molar-refractivity contribution in [2.75, 3.05) is 0 Å². The number of hydrogen-bond acceptors (Lipinski definition) is 2. The summed E-state index contributed by atoms with van der Waals surface area (Å²) < 4.78 is 0. The predicted octanol–water partition coefficient (Wildman–Crippen LogP) is 5.62. The van der Waals surface area contributed by atoms with Gasteiger partial charge in [0.05, 0.1) is 6.54 Å². The second-order valence-electron chi connectivity index (χ2n) is 10.4. The summed E-state index contributed by atoms with van der Waals surface area (Å²) in [7, 11) is -2.85. The first-order chi connectivity index (χ1) is 18.9. The van der Waals surface area contributed by atoms with Gasteiger partial charge in [-0.3, -0.25) is 4.99 Å². The Kier molecular flexibility index (Phi) is 7.62. The second-order valence-corrected chi connectivity index (χ2v) is 14.2. The van der Waals surface area contributed by atoms with Gasteiger partial charge >= 0.3 is 0 Å². The molecule has 0 amide bonds. The van der Waals surface area contributed by atoms with E-state index in [1.165, 1.54) is 37.8 Å². The lowest BCUT2D eigenvalue weighted by Crippen LogP contribution is -2.74. The molecule has 0 aromatic heterocycles. The van der Waals surface area contributed by atoms with E-state index < -0.39 is 8.07 Å². The van der Waals surface area contributed by atoms with E-state index in [0.717, 1.165) is 16.3 Å². The molecular formula is C36H35NOSi. The van der Waals surface area contributed by atoms with Crippen LogP contribution in [0.2, 0.25) is 0 Å². The zero-order valence-electron chi connectivity index (χ0n) is 23.1. The van der Waals surface area contributed by atoms with Crippen molar-refractivity contribution >= 4 is 35.0 Å². The molecule has 3 heteroatoms. The summed E-state index contributed by atoms with van der Waals surface area (Å²) in [6.07, 6.45) is 1.85. The molecule has 1 N–H and O–H groups in total. The molecule has 0 aliphatic rings. The monoisotopic (exact) mass is 525 g/mol. The largest absolute Gasteiger partial charge is 0.507 e. The highest BCUT2D eigenvalue weighted by atomic mass is 28.3. The summed E-state index contributed by atoms with van der Waals surface area (Å²) in [6.45, 7) is 9.11. The average molecular weight is 526 g/mol. The van der Waals surface area contributed by atoms with Crippen molar-refractivity contribution in [3.63, 3.8) is 0 Å². The normalized spacial score (nSPS) is 11.7. The molecule has 0 unspecified atom stereocenters. The number of hydrogen-bond donors (Lipinski definition) is 1. The molecule has 5 aromatic rings. The number of aromatic hydroxyl groups is 1. The molecule has 5 rings (SSSR count). The maximum atomic E-state index is 12.0. The van der Waals surface area contributed by atoms with Gasteiger partial charge in [0.2, 0.25) is 0 Å². The molecule has 39 heavy (non-hydrogen) atoms. The Morgan fingerprint density at radius 2 is 1.05 bits per heavy atom. The van der Waals surface area contributed by atoms with Gasteiger partial charge in [0.1, 0.15) is 5.75 Å². The lowest BCUT2D eigenvalue weighted by molar-refractivity contribution is 0.478. The molecule has 0 aliphatic heterocycles. The minimum absolute atomic E-state index is 0.310. The van der Waals surface area contributed by atoms with E-state index in [0.29, 0.717) is 12.3 Å². The molecule has 0 saturated heterocycles. The fraction of sp³-hybridized carbons (Fsp3) is 0.139. The summed E-state index contributed by atoms with van der Waals surface area (Å²) >= 11 is 0. The first kappa shape index (κ1) is 26.4. The van der Waals surface area contributed by atoms with Crippen LogP contribution in [0.25, 0.3) is 0 Å². The first-order valence-electron chi connectivity index (χ1n) is 13.5. The minimum atomic E-state index is -2.85. The van der Waals surface area contributed by atoms with Crippen molar-refractivity contribution in [3.05, 3.63) is 149 Å². The highest BCUT2D eigenvalue weighted by molar-refractivity contribution is 7.20. The van der Waals surface area contributed by atoms with Gasteiger partial charge in [-0.05, 0) is 71.2 Å². The van der Waals surface area contributed by atoms with E-state index in [-0.39, 0.29) is 0 Å². The number of aryl methyl sites for hydroxylation is 4. The van der Waals surface area contributed by atoms with Crippen molar-refractivity contribution in [1.29, 1.82) is 0 Å². The van der Waals surface area contributed by atoms with Gasteiger partial charge in [0.25, 0.3) is 0 Å². The van der Waals surface area contributed by atoms with Crippen LogP contribution in [0.4, 0.5) is 0 Å². The van der Waals surface area contributed by atoms with Gasteiger partial charge in [-0.2, -0.15) is 0 Å². The van der Waals surface area contributed by atoms with Crippen molar-refractivity contribution in [1.82, 2.24) is 0 Å². The van der Waals surface area contributed by atoms with Crippen LogP contribution in [-0.2, 0) is 6.54 Å². The van der Waals surface area contributed by atoms with Crippen LogP contribution in [0.3, 0.4) is 0 Å². The summed E-state index contributed by atoms with van der Waals surface area (Å²) in [4.78, 5) is 4.84. The molecule has 5 aromatic carbocycles. The number of rotatable bonds is 7. The zero-order chi connectivity index (χ0) is 27.4. The maximum absolute atomic E-state index is 12.0. The summed E-state index contributed by atoms with van der Waals surface area (Å²) in [5.41, 5.74) is 6.87. The maximum Gasteiger partial charge on any atom is 0.183 e. The summed E-state index contributed by atoms with van der Waals surface area (Å²) in [5, 5.41) is 16.7. The zero-order valence-corrected chi connectivity index (χ0v) is 24.1. The second kappa shape index (κ2) is 11.3. The first-order valence-corrected chi connectivity index (χ1v) is 15.5. The lowest BCUT2D eigenvalue weighted by Gasteiger charge is -2.35. The van der Waals surface area contributed by atoms with Gasteiger partial charge in [0.15, 0.2) is 8.07 Å². The van der Waals surface area contributed by atoms with Gasteiger partial charge in [-0.15, -0.1) is 0 Å². The molecule has 0 spiro atoms. The van der Waals surface area contributed by atoms with Crippen LogP contribution in [-0.4, -0.2) is 19.4 Å². The van der Waals surface area contributed by atoms with Crippen molar-refractivity contribution in [3.8, 4) is 5.75 Å². The van der Waals surface area contributed by atoms with Crippen molar-refractivity contribution in [2.24, 2.45) is 4.99 Å². The Morgan fingerprint density at radius 1 is 0.615 bits per heavy atom. The molecule has 0 atom stereocenters. The van der Waals surface area contributed by atoms with E-state index >= 15 is 0 Å². The van der Waals surface area contributed by atoms with Crippen LogP contribution in [0.1, 0.15) is 33.4 Å². The Labute approximate surface area is 233 Å². The highest BCUT2D eigenvalue weighted by Crippen LogP contribution is 2.22. The smallest absolute Gasteiger partial charge is 0.183 e. The molecule has 0 fully saturated rings. The Hall–Kier alpha value is -4.21. The van der Waals surface area contributed by atoms with Gasteiger partial charge < -0.3 is 5.11 Å². The number of phenolic OH excluding ortho intramolecular Hbond substituents is 1. The van der Waals surface area contributed by atoms with E-state index in [1.54, 1.807) is 0 Å². The highest BCUT2D eigenvalue weighted by Gasteiger charge is 2.43. The predicted molar refractivity (Wildman–Crippen MR) is 168 cm³/mol. The number of benzene rings is 5. The van der Waals surface area contributed by atoms with E-state index in [9.17, 15) is 5.11 Å². The fourth-order valence-electron chi connectivity index (χ4n) is 5.92. The minimum Gasteiger partial charge on any atom is -0.507 e. The van der Waals surface area contributed by atoms with Crippen LogP contribution >= 0.6 is 0 Å². The van der Waals surface area contributed by atoms with Gasteiger partial charge in [-0.25, -0.2) is 0 Å². The molecule has 194 valence electrons. The number of phenols is 1. The van der Waals surface area contributed by atoms with Gasteiger partial charge in [-0.1, -0.05) is 120 Å². The summed E-state index contributed by atoms with van der Waals surface area (Å²) in [5.74, 6) is 0.310. The standard InChI is InChI=1S/C36H35NOSi/c1-26-20-28(3)34(29(4)21-26)25-37-24-30-22-27(2)23-35(36(30)38)39(31-14-8-5-9-15-31,32-16-10-6-11-17-32)33-18-12-7-13-19-33/h5-24,38H,25H2,1-4H3. The molecule has 0 radical (unpaired) electrons. The Morgan fingerprint density at radius 3 is 1.51 bits per heavy atom. The van der Waals surface area contributed by atoms with Crippen LogP contribution in [0.15, 0.2) is 120 Å². The van der Waals surface area contributed by atoms with E-state index in [4.69, 9.17) is 4.99 Å². The number of nitrogens with zero attached hydrogens (tertiary/aromatic N) is 1. The number of aliphatic imine (C=N–C) groups is 1. The molecule has 0 saturated carbocycles. The topological polar surface area (TPSA) is 32.6 Å². The molecule has 0 bridgehead atoms. The Balaban J connectivity index is 1.72. The summed E-state index contributed by atoms with van der Waals surface area (Å²) in [6, 6.07) is 40.7. The molecular weight excluding hydrogens is 490 g/mol. The molecule has 0 aliphatic carbocycles. The van der Waals surface area contributed by atoms with E-state index in [1.807, 2.05) is 12.3 Å².